The first kappa shape index (κ1) is 11.4. The number of hydrogen-bond donors (Lipinski definition) is 0. The third kappa shape index (κ3) is 2.78. The first-order valence-electron chi connectivity index (χ1n) is 5.32. The number of ether oxygens (including phenoxy) is 1. The van der Waals surface area contributed by atoms with E-state index in [2.05, 4.69) is 17.1 Å². The lowest BCUT2D eigenvalue weighted by Gasteiger charge is -2.08. The van der Waals surface area contributed by atoms with Crippen molar-refractivity contribution >= 4 is 34.9 Å². The Hall–Kier alpha value is -0.650. The van der Waals surface area contributed by atoms with E-state index in [0.717, 1.165) is 5.75 Å². The fourth-order valence-electron chi connectivity index (χ4n) is 1.61. The Balaban J connectivity index is 1.71. The molecule has 0 spiro atoms. The Morgan fingerprint density at radius 2 is 1.88 bits per heavy atom. The van der Waals surface area contributed by atoms with Crippen molar-refractivity contribution in [1.82, 2.24) is 4.98 Å². The highest BCUT2D eigenvalue weighted by Gasteiger charge is 2.17. The van der Waals surface area contributed by atoms with Gasteiger partial charge in [0.15, 0.2) is 0 Å². The summed E-state index contributed by atoms with van der Waals surface area (Å²) < 4.78 is 6.23. The fourth-order valence-corrected chi connectivity index (χ4v) is 4.97. The lowest BCUT2D eigenvalue weighted by molar-refractivity contribution is 0.478. The number of hydrogen-bond acceptors (Lipinski definition) is 5. The molecule has 1 saturated heterocycles. The quantitative estimate of drug-likeness (QED) is 0.830. The molecule has 0 amide bonds. The second kappa shape index (κ2) is 5.33. The zero-order valence-electron chi connectivity index (χ0n) is 9.04. The van der Waals surface area contributed by atoms with Crippen LogP contribution >= 0.6 is 34.9 Å². The zero-order chi connectivity index (χ0) is 11.5. The molecule has 2 nitrogen and oxygen atoms in total. The Bertz CT molecular complexity index is 463. The van der Waals surface area contributed by atoms with Crippen molar-refractivity contribution in [2.75, 3.05) is 11.5 Å². The van der Waals surface area contributed by atoms with Crippen LogP contribution in [0.3, 0.4) is 0 Å². The molecule has 17 heavy (non-hydrogen) atoms. The molecule has 0 bridgehead atoms. The smallest absolute Gasteiger partial charge is 0.278 e. The van der Waals surface area contributed by atoms with Crippen LogP contribution < -0.4 is 4.74 Å². The van der Waals surface area contributed by atoms with Crippen LogP contribution in [0.4, 0.5) is 0 Å². The number of benzene rings is 1. The molecule has 88 valence electrons. The van der Waals surface area contributed by atoms with E-state index in [1.54, 1.807) is 6.20 Å². The summed E-state index contributed by atoms with van der Waals surface area (Å²) in [6.07, 6.45) is 1.75. The van der Waals surface area contributed by atoms with Gasteiger partial charge in [-0.15, -0.1) is 23.5 Å². The minimum atomic E-state index is 0.601. The third-order valence-corrected chi connectivity index (χ3v) is 6.14. The van der Waals surface area contributed by atoms with E-state index in [0.29, 0.717) is 9.78 Å². The van der Waals surface area contributed by atoms with Gasteiger partial charge in [0.25, 0.3) is 5.19 Å². The SMILES string of the molecule is c1csc(Oc2ccc(C3SCCS3)cc2)n1. The van der Waals surface area contributed by atoms with Crippen LogP contribution in [0.2, 0.25) is 0 Å². The molecular formula is C12H11NOS3. The Labute approximate surface area is 113 Å². The summed E-state index contributed by atoms with van der Waals surface area (Å²) in [5.74, 6) is 3.37. The molecule has 2 aromatic rings. The second-order valence-corrected chi connectivity index (χ2v) is 7.12. The van der Waals surface area contributed by atoms with E-state index < -0.39 is 0 Å². The summed E-state index contributed by atoms with van der Waals surface area (Å²) in [7, 11) is 0. The highest BCUT2D eigenvalue weighted by atomic mass is 32.2. The van der Waals surface area contributed by atoms with Gasteiger partial charge in [-0.1, -0.05) is 23.5 Å². The number of nitrogens with zero attached hydrogens (tertiary/aromatic N) is 1. The normalized spacial score (nSPS) is 16.2. The van der Waals surface area contributed by atoms with Crippen molar-refractivity contribution in [3.05, 3.63) is 41.4 Å². The van der Waals surface area contributed by atoms with Crippen LogP contribution in [0.25, 0.3) is 0 Å². The van der Waals surface area contributed by atoms with Crippen LogP contribution in [0.1, 0.15) is 10.1 Å². The fraction of sp³-hybridized carbons (Fsp3) is 0.250. The van der Waals surface area contributed by atoms with Crippen LogP contribution in [0.15, 0.2) is 35.8 Å². The first-order chi connectivity index (χ1) is 8.42. The molecule has 1 fully saturated rings. The molecular weight excluding hydrogens is 270 g/mol. The third-order valence-electron chi connectivity index (χ3n) is 2.39. The monoisotopic (exact) mass is 281 g/mol. The number of rotatable bonds is 3. The standard InChI is InChI=1S/C12H11NOS3/c1-3-10(14-12-13-5-6-17-12)4-2-9(1)11-15-7-8-16-11/h1-6,11H,7-8H2. The lowest BCUT2D eigenvalue weighted by atomic mass is 10.2. The molecule has 0 atom stereocenters. The largest absolute Gasteiger partial charge is 0.431 e. The van der Waals surface area contributed by atoms with Crippen LogP contribution in [0.5, 0.6) is 10.9 Å². The molecule has 0 aliphatic carbocycles. The van der Waals surface area contributed by atoms with E-state index in [4.69, 9.17) is 4.74 Å². The van der Waals surface area contributed by atoms with Gasteiger partial charge in [0, 0.05) is 23.1 Å². The molecule has 2 heterocycles. The van der Waals surface area contributed by atoms with E-state index in [1.807, 2.05) is 41.0 Å². The summed E-state index contributed by atoms with van der Waals surface area (Å²) in [4.78, 5) is 4.10. The van der Waals surface area contributed by atoms with Gasteiger partial charge in [-0.3, -0.25) is 0 Å². The molecule has 0 radical (unpaired) electrons. The van der Waals surface area contributed by atoms with Gasteiger partial charge in [-0.05, 0) is 17.7 Å². The van der Waals surface area contributed by atoms with Gasteiger partial charge < -0.3 is 4.74 Å². The van der Waals surface area contributed by atoms with E-state index in [9.17, 15) is 0 Å². The van der Waals surface area contributed by atoms with Gasteiger partial charge in [-0.25, -0.2) is 4.98 Å². The maximum absolute atomic E-state index is 5.63. The van der Waals surface area contributed by atoms with Crippen molar-refractivity contribution < 1.29 is 4.74 Å². The molecule has 1 aromatic carbocycles. The van der Waals surface area contributed by atoms with E-state index in [-0.39, 0.29) is 0 Å². The maximum Gasteiger partial charge on any atom is 0.278 e. The Kier molecular flexibility index (Phi) is 3.59. The number of thioether (sulfide) groups is 2. The summed E-state index contributed by atoms with van der Waals surface area (Å²) in [5, 5.41) is 2.61. The highest BCUT2D eigenvalue weighted by Crippen LogP contribution is 2.45. The van der Waals surface area contributed by atoms with Crippen molar-refractivity contribution in [3.8, 4) is 10.9 Å². The lowest BCUT2D eigenvalue weighted by Crippen LogP contribution is -1.86. The van der Waals surface area contributed by atoms with Crippen molar-refractivity contribution in [3.63, 3.8) is 0 Å². The van der Waals surface area contributed by atoms with Gasteiger partial charge in [-0.2, -0.15) is 0 Å². The Morgan fingerprint density at radius 1 is 1.12 bits per heavy atom. The van der Waals surface area contributed by atoms with Crippen molar-refractivity contribution in [1.29, 1.82) is 0 Å². The molecule has 1 aliphatic heterocycles. The van der Waals surface area contributed by atoms with Gasteiger partial charge in [0.05, 0.1) is 4.58 Å². The average Bonchev–Trinajstić information content (AvgIpc) is 3.01. The Morgan fingerprint density at radius 3 is 2.53 bits per heavy atom. The topological polar surface area (TPSA) is 22.1 Å². The van der Waals surface area contributed by atoms with Gasteiger partial charge in [0.2, 0.25) is 0 Å². The minimum absolute atomic E-state index is 0.601. The predicted molar refractivity (Wildman–Crippen MR) is 76.3 cm³/mol. The summed E-state index contributed by atoms with van der Waals surface area (Å²) in [5.41, 5.74) is 1.38. The molecule has 0 saturated carbocycles. The predicted octanol–water partition coefficient (Wildman–Crippen LogP) is 4.41. The van der Waals surface area contributed by atoms with Crippen molar-refractivity contribution in [2.45, 2.75) is 4.58 Å². The van der Waals surface area contributed by atoms with Crippen LogP contribution in [0, 0.1) is 0 Å². The molecule has 1 aromatic heterocycles. The first-order valence-corrected chi connectivity index (χ1v) is 8.30. The number of thiazole rings is 1. The number of aromatic nitrogens is 1. The molecule has 0 N–H and O–H groups in total. The summed E-state index contributed by atoms with van der Waals surface area (Å²) in [6.45, 7) is 0. The van der Waals surface area contributed by atoms with Crippen LogP contribution in [-0.4, -0.2) is 16.5 Å². The molecule has 5 heteroatoms. The van der Waals surface area contributed by atoms with Gasteiger partial charge >= 0.3 is 0 Å². The molecule has 1 aliphatic rings. The van der Waals surface area contributed by atoms with Crippen molar-refractivity contribution in [2.24, 2.45) is 0 Å². The maximum atomic E-state index is 5.63. The highest BCUT2D eigenvalue weighted by molar-refractivity contribution is 8.19. The van der Waals surface area contributed by atoms with Gasteiger partial charge in [0.1, 0.15) is 5.75 Å². The molecule has 3 rings (SSSR count). The van der Waals surface area contributed by atoms with E-state index >= 15 is 0 Å². The summed E-state index contributed by atoms with van der Waals surface area (Å²) in [6, 6.07) is 8.35. The summed E-state index contributed by atoms with van der Waals surface area (Å²) >= 11 is 5.54. The zero-order valence-corrected chi connectivity index (χ0v) is 11.5. The van der Waals surface area contributed by atoms with Crippen LogP contribution in [-0.2, 0) is 0 Å². The average molecular weight is 281 g/mol. The molecule has 0 unspecified atom stereocenters. The minimum Gasteiger partial charge on any atom is -0.431 e. The second-order valence-electron chi connectivity index (χ2n) is 3.54. The van der Waals surface area contributed by atoms with E-state index in [1.165, 1.54) is 28.4 Å².